The van der Waals surface area contributed by atoms with E-state index in [1.165, 1.54) is 0 Å². The van der Waals surface area contributed by atoms with Crippen molar-refractivity contribution < 1.29 is 4.92 Å². The number of nitrogens with two attached hydrogens (primary N) is 1. The Morgan fingerprint density at radius 1 is 1.62 bits per heavy atom. The Balaban J connectivity index is 3.28. The number of hydrogen-bond acceptors (Lipinski definition) is 3. The Morgan fingerprint density at radius 2 is 2.23 bits per heavy atom. The maximum Gasteiger partial charge on any atom is 0.273 e. The number of nitro groups is 1. The lowest BCUT2D eigenvalue weighted by Crippen LogP contribution is -2.01. The molecule has 2 N–H and O–H groups in total. The minimum absolute atomic E-state index is 0.154. The highest BCUT2D eigenvalue weighted by atomic mass is 127. The third-order valence-corrected chi connectivity index (χ3v) is 2.79. The smallest absolute Gasteiger partial charge is 0.273 e. The Kier molecular flexibility index (Phi) is 3.21. The number of hydrogen-bond donors (Lipinski definition) is 1. The SMILES string of the molecule is Cc1cc(CN)c(I)cc1[N+](=O)[O-]. The normalized spacial score (nSPS) is 10.1. The van der Waals surface area contributed by atoms with Crippen LogP contribution < -0.4 is 5.73 Å². The van der Waals surface area contributed by atoms with Gasteiger partial charge in [-0.1, -0.05) is 0 Å². The zero-order valence-corrected chi connectivity index (χ0v) is 9.24. The first-order valence-electron chi connectivity index (χ1n) is 3.69. The average Bonchev–Trinajstić information content (AvgIpc) is 2.07. The predicted octanol–water partition coefficient (Wildman–Crippen LogP) is 1.97. The van der Waals surface area contributed by atoms with Crippen molar-refractivity contribution in [3.8, 4) is 0 Å². The van der Waals surface area contributed by atoms with E-state index in [-0.39, 0.29) is 10.6 Å². The van der Waals surface area contributed by atoms with Crippen LogP contribution in [0.25, 0.3) is 0 Å². The van der Waals surface area contributed by atoms with Crippen LogP contribution in [0.3, 0.4) is 0 Å². The summed E-state index contributed by atoms with van der Waals surface area (Å²) in [6.45, 7) is 2.13. The molecule has 0 heterocycles. The van der Waals surface area contributed by atoms with E-state index >= 15 is 0 Å². The van der Waals surface area contributed by atoms with Crippen molar-refractivity contribution in [3.63, 3.8) is 0 Å². The zero-order chi connectivity index (χ0) is 10.0. The van der Waals surface area contributed by atoms with Crippen LogP contribution in [0, 0.1) is 20.6 Å². The summed E-state index contributed by atoms with van der Waals surface area (Å²) in [4.78, 5) is 10.2. The maximum atomic E-state index is 10.5. The molecule has 0 amide bonds. The molecule has 4 nitrogen and oxygen atoms in total. The van der Waals surface area contributed by atoms with Crippen molar-refractivity contribution in [1.82, 2.24) is 0 Å². The fourth-order valence-corrected chi connectivity index (χ4v) is 1.75. The molecule has 0 radical (unpaired) electrons. The van der Waals surface area contributed by atoms with Crippen LogP contribution in [0.2, 0.25) is 0 Å². The molecule has 0 atom stereocenters. The van der Waals surface area contributed by atoms with Gasteiger partial charge < -0.3 is 5.73 Å². The first kappa shape index (κ1) is 10.4. The van der Waals surface area contributed by atoms with Gasteiger partial charge in [-0.05, 0) is 41.1 Å². The van der Waals surface area contributed by atoms with Gasteiger partial charge in [-0.3, -0.25) is 10.1 Å². The zero-order valence-electron chi connectivity index (χ0n) is 7.08. The lowest BCUT2D eigenvalue weighted by atomic mass is 10.1. The highest BCUT2D eigenvalue weighted by Gasteiger charge is 2.12. The van der Waals surface area contributed by atoms with E-state index in [2.05, 4.69) is 22.6 Å². The number of halogens is 1. The molecule has 13 heavy (non-hydrogen) atoms. The van der Waals surface area contributed by atoms with Gasteiger partial charge in [0.15, 0.2) is 0 Å². The van der Waals surface area contributed by atoms with Crippen LogP contribution >= 0.6 is 22.6 Å². The second kappa shape index (κ2) is 4.01. The molecule has 1 aromatic rings. The Labute approximate surface area is 89.4 Å². The number of nitro benzene ring substituents is 1. The largest absolute Gasteiger partial charge is 0.326 e. The number of benzene rings is 1. The van der Waals surface area contributed by atoms with E-state index < -0.39 is 0 Å². The Bertz CT molecular complexity index is 352. The number of aryl methyl sites for hydroxylation is 1. The van der Waals surface area contributed by atoms with E-state index in [0.29, 0.717) is 12.1 Å². The average molecular weight is 292 g/mol. The molecule has 0 aliphatic rings. The third kappa shape index (κ3) is 2.16. The molecule has 0 spiro atoms. The highest BCUT2D eigenvalue weighted by Crippen LogP contribution is 2.23. The number of nitrogens with zero attached hydrogens (tertiary/aromatic N) is 1. The fraction of sp³-hybridized carbons (Fsp3) is 0.250. The van der Waals surface area contributed by atoms with Crippen molar-refractivity contribution in [2.45, 2.75) is 13.5 Å². The highest BCUT2D eigenvalue weighted by molar-refractivity contribution is 14.1. The van der Waals surface area contributed by atoms with Gasteiger partial charge in [-0.25, -0.2) is 0 Å². The summed E-state index contributed by atoms with van der Waals surface area (Å²) in [5, 5.41) is 10.5. The molecule has 0 aromatic heterocycles. The molecule has 0 saturated carbocycles. The fourth-order valence-electron chi connectivity index (χ4n) is 1.08. The summed E-state index contributed by atoms with van der Waals surface area (Å²) in [6.07, 6.45) is 0. The quantitative estimate of drug-likeness (QED) is 0.514. The first-order chi connectivity index (χ1) is 6.06. The van der Waals surface area contributed by atoms with Crippen molar-refractivity contribution in [2.75, 3.05) is 0 Å². The van der Waals surface area contributed by atoms with Crippen LogP contribution in [0.1, 0.15) is 11.1 Å². The molecule has 0 bridgehead atoms. The topological polar surface area (TPSA) is 69.2 Å². The third-order valence-electron chi connectivity index (χ3n) is 1.78. The second-order valence-electron chi connectivity index (χ2n) is 2.69. The van der Waals surface area contributed by atoms with Crippen molar-refractivity contribution in [3.05, 3.63) is 36.9 Å². The monoisotopic (exact) mass is 292 g/mol. The summed E-state index contributed by atoms with van der Waals surface area (Å²) in [5.41, 5.74) is 7.23. The molecule has 0 unspecified atom stereocenters. The minimum atomic E-state index is -0.377. The van der Waals surface area contributed by atoms with E-state index in [4.69, 9.17) is 5.73 Å². The van der Waals surface area contributed by atoms with Gasteiger partial charge in [0.1, 0.15) is 0 Å². The van der Waals surface area contributed by atoms with Crippen molar-refractivity contribution in [2.24, 2.45) is 5.73 Å². The minimum Gasteiger partial charge on any atom is -0.326 e. The van der Waals surface area contributed by atoms with Gasteiger partial charge in [0.2, 0.25) is 0 Å². The molecule has 0 fully saturated rings. The molecular weight excluding hydrogens is 283 g/mol. The maximum absolute atomic E-state index is 10.5. The standard InChI is InChI=1S/C8H9IN2O2/c1-5-2-6(4-10)7(9)3-8(5)11(12)13/h2-3H,4,10H2,1H3. The summed E-state index contributed by atoms with van der Waals surface area (Å²) in [6, 6.07) is 3.32. The van der Waals surface area contributed by atoms with Gasteiger partial charge in [0, 0.05) is 21.7 Å². The van der Waals surface area contributed by atoms with E-state index in [9.17, 15) is 10.1 Å². The van der Waals surface area contributed by atoms with Crippen LogP contribution in [-0.2, 0) is 6.54 Å². The van der Waals surface area contributed by atoms with Gasteiger partial charge >= 0.3 is 0 Å². The predicted molar refractivity (Wildman–Crippen MR) is 58.4 cm³/mol. The number of rotatable bonds is 2. The van der Waals surface area contributed by atoms with Crippen LogP contribution in [-0.4, -0.2) is 4.92 Å². The lowest BCUT2D eigenvalue weighted by Gasteiger charge is -2.03. The first-order valence-corrected chi connectivity index (χ1v) is 4.77. The van der Waals surface area contributed by atoms with Crippen LogP contribution in [0.4, 0.5) is 5.69 Å². The van der Waals surface area contributed by atoms with Crippen molar-refractivity contribution in [1.29, 1.82) is 0 Å². The van der Waals surface area contributed by atoms with E-state index in [1.54, 1.807) is 19.1 Å². The summed E-state index contributed by atoms with van der Waals surface area (Å²) >= 11 is 2.05. The molecule has 0 aliphatic heterocycles. The lowest BCUT2D eigenvalue weighted by molar-refractivity contribution is -0.385. The van der Waals surface area contributed by atoms with Gasteiger partial charge in [0.05, 0.1) is 4.92 Å². The van der Waals surface area contributed by atoms with E-state index in [1.807, 2.05) is 0 Å². The molecule has 1 rings (SSSR count). The molecule has 70 valence electrons. The summed E-state index contributed by atoms with van der Waals surface area (Å²) in [7, 11) is 0. The summed E-state index contributed by atoms with van der Waals surface area (Å²) < 4.78 is 0.845. The molecule has 5 heteroatoms. The van der Waals surface area contributed by atoms with Gasteiger partial charge in [-0.15, -0.1) is 0 Å². The summed E-state index contributed by atoms with van der Waals surface area (Å²) in [5.74, 6) is 0. The van der Waals surface area contributed by atoms with E-state index in [0.717, 1.165) is 9.13 Å². The molecule has 1 aromatic carbocycles. The van der Waals surface area contributed by atoms with Crippen molar-refractivity contribution >= 4 is 28.3 Å². The van der Waals surface area contributed by atoms with Gasteiger partial charge in [-0.2, -0.15) is 0 Å². The van der Waals surface area contributed by atoms with Crippen LogP contribution in [0.15, 0.2) is 12.1 Å². The Hall–Kier alpha value is -0.690. The molecule has 0 aliphatic carbocycles. The molecule has 0 saturated heterocycles. The molecular formula is C8H9IN2O2. The van der Waals surface area contributed by atoms with Gasteiger partial charge in [0.25, 0.3) is 5.69 Å². The van der Waals surface area contributed by atoms with Crippen LogP contribution in [0.5, 0.6) is 0 Å². The second-order valence-corrected chi connectivity index (χ2v) is 3.85. The Morgan fingerprint density at radius 3 is 2.69 bits per heavy atom.